The first-order valence-electron chi connectivity index (χ1n) is 7.33. The zero-order valence-electron chi connectivity index (χ0n) is 12.5. The van der Waals surface area contributed by atoms with Gasteiger partial charge in [-0.15, -0.1) is 0 Å². The van der Waals surface area contributed by atoms with Crippen molar-refractivity contribution in [1.29, 1.82) is 0 Å². The lowest BCUT2D eigenvalue weighted by Gasteiger charge is -2.10. The summed E-state index contributed by atoms with van der Waals surface area (Å²) < 4.78 is 0. The van der Waals surface area contributed by atoms with Crippen molar-refractivity contribution in [3.05, 3.63) is 47.5 Å². The molecule has 21 heavy (non-hydrogen) atoms. The van der Waals surface area contributed by atoms with Crippen molar-refractivity contribution in [2.24, 2.45) is 0 Å². The second-order valence-electron chi connectivity index (χ2n) is 5.72. The highest BCUT2D eigenvalue weighted by atomic mass is 16.1. The minimum absolute atomic E-state index is 0.0254. The maximum Gasteiger partial charge on any atom is 0.251 e. The van der Waals surface area contributed by atoms with Crippen molar-refractivity contribution in [3.63, 3.8) is 0 Å². The van der Waals surface area contributed by atoms with E-state index < -0.39 is 0 Å². The fourth-order valence-corrected chi connectivity index (χ4v) is 2.83. The minimum Gasteiger partial charge on any atom is -0.352 e. The summed E-state index contributed by atoms with van der Waals surface area (Å²) in [6.45, 7) is 1.69. The highest BCUT2D eigenvalue weighted by Crippen LogP contribution is 2.36. The van der Waals surface area contributed by atoms with Crippen LogP contribution < -0.4 is 5.32 Å². The molecule has 0 saturated heterocycles. The standard InChI is InChI=1S/C18H20N2O/c1-20(2)11-5-10-19-18(21)16-12-14-8-3-6-13-7-4-9-15(16)17(13)14/h3-4,6-9,12H,5,10-11H2,1-2H3,(H,19,21). The van der Waals surface area contributed by atoms with Gasteiger partial charge in [-0.25, -0.2) is 0 Å². The maximum absolute atomic E-state index is 12.4. The quantitative estimate of drug-likeness (QED) is 0.854. The Labute approximate surface area is 125 Å². The van der Waals surface area contributed by atoms with Crippen LogP contribution in [0.5, 0.6) is 0 Å². The molecule has 0 heterocycles. The highest BCUT2D eigenvalue weighted by molar-refractivity contribution is 6.31. The summed E-state index contributed by atoms with van der Waals surface area (Å²) in [5, 5.41) is 5.41. The first-order chi connectivity index (χ1) is 10.2. The van der Waals surface area contributed by atoms with Crippen molar-refractivity contribution in [1.82, 2.24) is 10.2 Å². The summed E-state index contributed by atoms with van der Waals surface area (Å²) in [5.41, 5.74) is 2.97. The Bertz CT molecular complexity index is 711. The van der Waals surface area contributed by atoms with Crippen LogP contribution >= 0.6 is 0 Å². The third-order valence-corrected chi connectivity index (χ3v) is 3.84. The van der Waals surface area contributed by atoms with E-state index in [-0.39, 0.29) is 5.91 Å². The number of rotatable bonds is 5. The van der Waals surface area contributed by atoms with E-state index in [2.05, 4.69) is 28.4 Å². The van der Waals surface area contributed by atoms with Gasteiger partial charge < -0.3 is 10.2 Å². The molecule has 3 nitrogen and oxygen atoms in total. The van der Waals surface area contributed by atoms with Crippen LogP contribution in [0.3, 0.4) is 0 Å². The lowest BCUT2D eigenvalue weighted by molar-refractivity contribution is -0.115. The largest absolute Gasteiger partial charge is 0.352 e. The van der Waals surface area contributed by atoms with Crippen LogP contribution in [-0.4, -0.2) is 38.0 Å². The zero-order valence-corrected chi connectivity index (χ0v) is 12.5. The average molecular weight is 280 g/mol. The molecule has 0 spiro atoms. The number of carbonyl (C=O) groups excluding carboxylic acids is 1. The Morgan fingerprint density at radius 3 is 2.67 bits per heavy atom. The minimum atomic E-state index is 0.0254. The number of hydrogen-bond donors (Lipinski definition) is 1. The van der Waals surface area contributed by atoms with Gasteiger partial charge in [-0.05, 0) is 55.0 Å². The highest BCUT2D eigenvalue weighted by Gasteiger charge is 2.20. The van der Waals surface area contributed by atoms with E-state index in [1.165, 1.54) is 10.8 Å². The SMILES string of the molecule is CN(C)CCCNC(=O)C1=Cc2cccc3cccc1c23. The summed E-state index contributed by atoms with van der Waals surface area (Å²) in [5.74, 6) is 0.0254. The zero-order chi connectivity index (χ0) is 14.8. The first-order valence-corrected chi connectivity index (χ1v) is 7.33. The van der Waals surface area contributed by atoms with Gasteiger partial charge in [-0.1, -0.05) is 36.4 Å². The topological polar surface area (TPSA) is 32.3 Å². The molecule has 2 aromatic rings. The lowest BCUT2D eigenvalue weighted by atomic mass is 10.0. The first kappa shape index (κ1) is 13.8. The Balaban J connectivity index is 1.76. The van der Waals surface area contributed by atoms with Crippen molar-refractivity contribution in [3.8, 4) is 0 Å². The fraction of sp³-hybridized carbons (Fsp3) is 0.278. The van der Waals surface area contributed by atoms with Gasteiger partial charge in [0.2, 0.25) is 0 Å². The predicted molar refractivity (Wildman–Crippen MR) is 88.0 cm³/mol. The molecule has 0 bridgehead atoms. The summed E-state index contributed by atoms with van der Waals surface area (Å²) in [7, 11) is 4.08. The molecular formula is C18H20N2O. The third-order valence-electron chi connectivity index (χ3n) is 3.84. The van der Waals surface area contributed by atoms with E-state index in [9.17, 15) is 4.79 Å². The molecule has 0 atom stereocenters. The normalized spacial score (nSPS) is 12.8. The number of nitrogens with zero attached hydrogens (tertiary/aromatic N) is 1. The Kier molecular flexibility index (Phi) is 3.76. The van der Waals surface area contributed by atoms with Crippen LogP contribution in [0.25, 0.3) is 22.4 Å². The Morgan fingerprint density at radius 2 is 1.90 bits per heavy atom. The van der Waals surface area contributed by atoms with E-state index in [0.717, 1.165) is 29.7 Å². The van der Waals surface area contributed by atoms with Crippen molar-refractivity contribution < 1.29 is 4.79 Å². The summed E-state index contributed by atoms with van der Waals surface area (Å²) >= 11 is 0. The molecule has 1 aliphatic carbocycles. The summed E-state index contributed by atoms with van der Waals surface area (Å²) in [6, 6.07) is 12.3. The van der Waals surface area contributed by atoms with E-state index in [1.807, 2.05) is 38.4 Å². The van der Waals surface area contributed by atoms with Crippen LogP contribution in [0, 0.1) is 0 Å². The van der Waals surface area contributed by atoms with Gasteiger partial charge >= 0.3 is 0 Å². The number of hydrogen-bond acceptors (Lipinski definition) is 2. The molecule has 0 fully saturated rings. The van der Waals surface area contributed by atoms with Gasteiger partial charge in [0.25, 0.3) is 5.91 Å². The molecule has 1 amide bonds. The van der Waals surface area contributed by atoms with Gasteiger partial charge in [0.05, 0.1) is 0 Å². The van der Waals surface area contributed by atoms with Crippen LogP contribution in [0.4, 0.5) is 0 Å². The summed E-state index contributed by atoms with van der Waals surface area (Å²) in [4.78, 5) is 14.5. The smallest absolute Gasteiger partial charge is 0.251 e. The van der Waals surface area contributed by atoms with E-state index in [1.54, 1.807) is 0 Å². The second kappa shape index (κ2) is 5.70. The fourth-order valence-electron chi connectivity index (χ4n) is 2.83. The Hall–Kier alpha value is -2.13. The van der Waals surface area contributed by atoms with E-state index in [4.69, 9.17) is 0 Å². The van der Waals surface area contributed by atoms with Gasteiger partial charge in [0.15, 0.2) is 0 Å². The number of nitrogens with one attached hydrogen (secondary N) is 1. The van der Waals surface area contributed by atoms with Crippen molar-refractivity contribution >= 4 is 28.3 Å². The number of carbonyl (C=O) groups is 1. The molecule has 108 valence electrons. The summed E-state index contributed by atoms with van der Waals surface area (Å²) in [6.07, 6.45) is 2.96. The van der Waals surface area contributed by atoms with Gasteiger partial charge in [-0.3, -0.25) is 4.79 Å². The molecule has 0 saturated carbocycles. The predicted octanol–water partition coefficient (Wildman–Crippen LogP) is 2.76. The lowest BCUT2D eigenvalue weighted by Crippen LogP contribution is -2.27. The molecule has 0 radical (unpaired) electrons. The third kappa shape index (κ3) is 2.69. The van der Waals surface area contributed by atoms with Crippen LogP contribution in [0.15, 0.2) is 36.4 Å². The molecule has 2 aromatic carbocycles. The molecule has 3 rings (SSSR count). The monoisotopic (exact) mass is 280 g/mol. The molecule has 1 aliphatic rings. The second-order valence-corrected chi connectivity index (χ2v) is 5.72. The maximum atomic E-state index is 12.4. The van der Waals surface area contributed by atoms with Crippen LogP contribution in [0.2, 0.25) is 0 Å². The average Bonchev–Trinajstić information content (AvgIpc) is 2.85. The molecule has 3 heteroatoms. The molecule has 1 N–H and O–H groups in total. The van der Waals surface area contributed by atoms with Gasteiger partial charge in [0, 0.05) is 12.1 Å². The van der Waals surface area contributed by atoms with Crippen molar-refractivity contribution in [2.45, 2.75) is 6.42 Å². The Morgan fingerprint density at radius 1 is 1.14 bits per heavy atom. The molecule has 0 unspecified atom stereocenters. The van der Waals surface area contributed by atoms with Crippen molar-refractivity contribution in [2.75, 3.05) is 27.2 Å². The van der Waals surface area contributed by atoms with Crippen LogP contribution in [0.1, 0.15) is 17.5 Å². The van der Waals surface area contributed by atoms with Gasteiger partial charge in [-0.2, -0.15) is 0 Å². The van der Waals surface area contributed by atoms with Gasteiger partial charge in [0.1, 0.15) is 0 Å². The molecular weight excluding hydrogens is 260 g/mol. The van der Waals surface area contributed by atoms with E-state index >= 15 is 0 Å². The molecule has 0 aliphatic heterocycles. The van der Waals surface area contributed by atoms with Crippen LogP contribution in [-0.2, 0) is 4.79 Å². The molecule has 0 aromatic heterocycles. The number of benzene rings is 2. The van der Waals surface area contributed by atoms with E-state index in [0.29, 0.717) is 6.54 Å². The number of amides is 1.